The first-order valence-corrected chi connectivity index (χ1v) is 9.86. The Hall–Kier alpha value is -1.69. The minimum Gasteiger partial charge on any atom is -0.385 e. The molecule has 0 unspecified atom stereocenters. The molecule has 144 valence electrons. The van der Waals surface area contributed by atoms with Gasteiger partial charge in [0.05, 0.1) is 0 Å². The third-order valence-corrected chi connectivity index (χ3v) is 5.99. The molecule has 3 heterocycles. The van der Waals surface area contributed by atoms with Gasteiger partial charge in [0.2, 0.25) is 5.91 Å². The second kappa shape index (κ2) is 8.33. The fourth-order valence-corrected chi connectivity index (χ4v) is 4.31. The maximum Gasteiger partial charge on any atom is 0.222 e. The van der Waals surface area contributed by atoms with Crippen LogP contribution in [0, 0.1) is 5.41 Å². The lowest BCUT2D eigenvalue weighted by Crippen LogP contribution is -2.52. The molecule has 2 fully saturated rings. The third-order valence-electron chi connectivity index (χ3n) is 5.99. The molecule has 1 aromatic heterocycles. The van der Waals surface area contributed by atoms with Crippen LogP contribution in [-0.4, -0.2) is 60.7 Å². The Kier molecular flexibility index (Phi) is 6.12. The second-order valence-corrected chi connectivity index (χ2v) is 8.11. The van der Waals surface area contributed by atoms with Gasteiger partial charge in [-0.1, -0.05) is 13.8 Å². The van der Waals surface area contributed by atoms with Gasteiger partial charge in [-0.15, -0.1) is 0 Å². The molecule has 26 heavy (non-hydrogen) atoms. The number of hydrogen-bond acceptors (Lipinski definition) is 5. The standard InChI is InChI=1S/C20H32N4O2/c1-16(2)17-13-21-15-22-19(17)23-10-7-20(8-11-23)6-5-18(25)24(14-20)9-4-12-26-3/h13,15-16H,4-12,14H2,1-3H3. The van der Waals surface area contributed by atoms with Crippen molar-refractivity contribution in [1.29, 1.82) is 0 Å². The molecule has 0 radical (unpaired) electrons. The average molecular weight is 361 g/mol. The van der Waals surface area contributed by atoms with Gasteiger partial charge >= 0.3 is 0 Å². The van der Waals surface area contributed by atoms with Crippen LogP contribution in [-0.2, 0) is 9.53 Å². The molecule has 0 N–H and O–H groups in total. The van der Waals surface area contributed by atoms with Crippen molar-refractivity contribution in [3.05, 3.63) is 18.1 Å². The molecular weight excluding hydrogens is 328 g/mol. The van der Waals surface area contributed by atoms with E-state index in [0.717, 1.165) is 64.3 Å². The van der Waals surface area contributed by atoms with Crippen molar-refractivity contribution in [2.24, 2.45) is 5.41 Å². The highest BCUT2D eigenvalue weighted by Gasteiger charge is 2.41. The van der Waals surface area contributed by atoms with Gasteiger partial charge in [0.15, 0.2) is 0 Å². The number of nitrogens with zero attached hydrogens (tertiary/aromatic N) is 4. The molecule has 6 heteroatoms. The van der Waals surface area contributed by atoms with Gasteiger partial charge < -0.3 is 14.5 Å². The first-order chi connectivity index (χ1) is 12.5. The first-order valence-electron chi connectivity index (χ1n) is 9.86. The molecule has 1 aromatic rings. The summed E-state index contributed by atoms with van der Waals surface area (Å²) in [6.07, 6.45) is 8.50. The number of carbonyl (C=O) groups is 1. The number of carbonyl (C=O) groups excluding carboxylic acids is 1. The first kappa shape index (κ1) is 19.1. The zero-order chi connectivity index (χ0) is 18.6. The fourth-order valence-electron chi connectivity index (χ4n) is 4.31. The number of amides is 1. The number of piperidine rings is 2. The van der Waals surface area contributed by atoms with Crippen LogP contribution in [0.1, 0.15) is 57.4 Å². The van der Waals surface area contributed by atoms with Crippen molar-refractivity contribution in [3.63, 3.8) is 0 Å². The minimum atomic E-state index is 0.280. The predicted octanol–water partition coefficient (Wildman–Crippen LogP) is 2.85. The highest BCUT2D eigenvalue weighted by atomic mass is 16.5. The lowest BCUT2D eigenvalue weighted by atomic mass is 9.72. The number of likely N-dealkylation sites (tertiary alicyclic amines) is 1. The monoisotopic (exact) mass is 360 g/mol. The highest BCUT2D eigenvalue weighted by Crippen LogP contribution is 2.41. The van der Waals surface area contributed by atoms with Crippen molar-refractivity contribution in [2.75, 3.05) is 44.8 Å². The predicted molar refractivity (Wildman–Crippen MR) is 102 cm³/mol. The summed E-state index contributed by atoms with van der Waals surface area (Å²) >= 11 is 0. The van der Waals surface area contributed by atoms with E-state index in [1.165, 1.54) is 5.56 Å². The minimum absolute atomic E-state index is 0.280. The van der Waals surface area contributed by atoms with Crippen molar-refractivity contribution >= 4 is 11.7 Å². The van der Waals surface area contributed by atoms with E-state index in [0.29, 0.717) is 18.2 Å². The van der Waals surface area contributed by atoms with Crippen molar-refractivity contribution < 1.29 is 9.53 Å². The van der Waals surface area contributed by atoms with Gasteiger partial charge in [-0.2, -0.15) is 0 Å². The van der Waals surface area contributed by atoms with E-state index in [1.807, 2.05) is 6.20 Å². The largest absolute Gasteiger partial charge is 0.385 e. The summed E-state index contributed by atoms with van der Waals surface area (Å²) in [6.45, 7) is 8.85. The maximum absolute atomic E-state index is 12.3. The molecular formula is C20H32N4O2. The number of ether oxygens (including phenoxy) is 1. The van der Waals surface area contributed by atoms with Gasteiger partial charge in [0, 0.05) is 58.1 Å². The molecule has 0 bridgehead atoms. The van der Waals surface area contributed by atoms with E-state index in [9.17, 15) is 4.79 Å². The molecule has 3 rings (SSSR count). The van der Waals surface area contributed by atoms with Gasteiger partial charge in [-0.25, -0.2) is 9.97 Å². The fraction of sp³-hybridized carbons (Fsp3) is 0.750. The van der Waals surface area contributed by atoms with Crippen LogP contribution >= 0.6 is 0 Å². The van der Waals surface area contributed by atoms with Gasteiger partial charge in [0.1, 0.15) is 12.1 Å². The maximum atomic E-state index is 12.3. The lowest BCUT2D eigenvalue weighted by molar-refractivity contribution is -0.138. The summed E-state index contributed by atoms with van der Waals surface area (Å²) in [5.74, 6) is 1.83. The van der Waals surface area contributed by atoms with E-state index in [4.69, 9.17) is 4.74 Å². The van der Waals surface area contributed by atoms with Crippen LogP contribution in [0.25, 0.3) is 0 Å². The van der Waals surface area contributed by atoms with E-state index >= 15 is 0 Å². The van der Waals surface area contributed by atoms with E-state index < -0.39 is 0 Å². The zero-order valence-corrected chi connectivity index (χ0v) is 16.4. The molecule has 0 aliphatic carbocycles. The Morgan fingerprint density at radius 1 is 1.27 bits per heavy atom. The molecule has 0 atom stereocenters. The lowest BCUT2D eigenvalue weighted by Gasteiger charge is -2.48. The summed E-state index contributed by atoms with van der Waals surface area (Å²) in [6, 6.07) is 0. The molecule has 1 amide bonds. The van der Waals surface area contributed by atoms with Crippen LogP contribution in [0.2, 0.25) is 0 Å². The average Bonchev–Trinajstić information content (AvgIpc) is 2.65. The second-order valence-electron chi connectivity index (χ2n) is 8.11. The highest BCUT2D eigenvalue weighted by molar-refractivity contribution is 5.77. The Morgan fingerprint density at radius 2 is 2.04 bits per heavy atom. The summed E-state index contributed by atoms with van der Waals surface area (Å²) in [5.41, 5.74) is 1.51. The molecule has 2 aliphatic heterocycles. The van der Waals surface area contributed by atoms with Crippen LogP contribution < -0.4 is 4.90 Å². The Labute approximate surface area is 156 Å². The Morgan fingerprint density at radius 3 is 2.73 bits per heavy atom. The van der Waals surface area contributed by atoms with Crippen LogP contribution in [0.3, 0.4) is 0 Å². The molecule has 0 saturated carbocycles. The number of rotatable bonds is 6. The number of hydrogen-bond donors (Lipinski definition) is 0. The zero-order valence-electron chi connectivity index (χ0n) is 16.4. The molecule has 0 aromatic carbocycles. The molecule has 1 spiro atoms. The van der Waals surface area contributed by atoms with Crippen molar-refractivity contribution in [1.82, 2.24) is 14.9 Å². The SMILES string of the molecule is COCCCN1CC2(CCC1=O)CCN(c1ncncc1C(C)C)CC2. The Bertz CT molecular complexity index is 612. The summed E-state index contributed by atoms with van der Waals surface area (Å²) in [7, 11) is 1.72. The quantitative estimate of drug-likeness (QED) is 0.730. The number of methoxy groups -OCH3 is 1. The van der Waals surface area contributed by atoms with Crippen molar-refractivity contribution in [3.8, 4) is 0 Å². The summed E-state index contributed by atoms with van der Waals surface area (Å²) < 4.78 is 5.14. The van der Waals surface area contributed by atoms with Crippen LogP contribution in [0.15, 0.2) is 12.5 Å². The van der Waals surface area contributed by atoms with Gasteiger partial charge in [-0.05, 0) is 37.0 Å². The normalized spacial score (nSPS) is 20.2. The van der Waals surface area contributed by atoms with E-state index in [2.05, 4.69) is 33.6 Å². The third kappa shape index (κ3) is 4.17. The topological polar surface area (TPSA) is 58.6 Å². The van der Waals surface area contributed by atoms with Crippen LogP contribution in [0.5, 0.6) is 0 Å². The smallest absolute Gasteiger partial charge is 0.222 e. The van der Waals surface area contributed by atoms with Gasteiger partial charge in [-0.3, -0.25) is 4.79 Å². The summed E-state index contributed by atoms with van der Waals surface area (Å²) in [5, 5.41) is 0. The number of anilines is 1. The Balaban J connectivity index is 1.63. The van der Waals surface area contributed by atoms with Crippen LogP contribution in [0.4, 0.5) is 5.82 Å². The molecule has 2 aliphatic rings. The van der Waals surface area contributed by atoms with E-state index in [1.54, 1.807) is 13.4 Å². The van der Waals surface area contributed by atoms with E-state index in [-0.39, 0.29) is 5.41 Å². The van der Waals surface area contributed by atoms with Gasteiger partial charge in [0.25, 0.3) is 0 Å². The number of aromatic nitrogens is 2. The van der Waals surface area contributed by atoms with Crippen molar-refractivity contribution in [2.45, 2.75) is 51.9 Å². The summed E-state index contributed by atoms with van der Waals surface area (Å²) in [4.78, 5) is 25.5. The molecule has 2 saturated heterocycles. The molecule has 6 nitrogen and oxygen atoms in total.